The van der Waals surface area contributed by atoms with Gasteiger partial charge in [-0.25, -0.2) is 0 Å². The Kier molecular flexibility index (Phi) is 4.05. The maximum absolute atomic E-state index is 11.2. The Labute approximate surface area is 77.5 Å². The molecule has 13 heavy (non-hydrogen) atoms. The van der Waals surface area contributed by atoms with Gasteiger partial charge in [-0.15, -0.1) is 0 Å². The minimum Gasteiger partial charge on any atom is -0.383 e. The van der Waals surface area contributed by atoms with Gasteiger partial charge in [0.2, 0.25) is 5.91 Å². The predicted octanol–water partition coefficient (Wildman–Crippen LogP) is 0.251. The van der Waals surface area contributed by atoms with Crippen LogP contribution in [0.4, 0.5) is 0 Å². The first-order chi connectivity index (χ1) is 6.33. The van der Waals surface area contributed by atoms with Crippen molar-refractivity contribution in [3.05, 3.63) is 24.5 Å². The minimum absolute atomic E-state index is 0.00764. The Morgan fingerprint density at radius 1 is 1.46 bits per heavy atom. The number of hydrogen-bond acceptors (Lipinski definition) is 2. The molecule has 1 N–H and O–H groups in total. The van der Waals surface area contributed by atoms with Gasteiger partial charge in [-0.05, 0) is 12.1 Å². The van der Waals surface area contributed by atoms with E-state index in [2.05, 4.69) is 5.32 Å². The third-order valence-electron chi connectivity index (χ3n) is 1.62. The molecule has 0 aliphatic heterocycles. The Balaban J connectivity index is 2.18. The molecule has 0 radical (unpaired) electrons. The topological polar surface area (TPSA) is 43.3 Å². The number of amides is 1. The maximum atomic E-state index is 11.2. The van der Waals surface area contributed by atoms with E-state index in [1.807, 2.05) is 29.1 Å². The highest BCUT2D eigenvalue weighted by molar-refractivity contribution is 5.75. The van der Waals surface area contributed by atoms with E-state index in [0.717, 1.165) is 0 Å². The lowest BCUT2D eigenvalue weighted by Crippen LogP contribution is -2.29. The summed E-state index contributed by atoms with van der Waals surface area (Å²) in [5.41, 5.74) is 0. The molecule has 1 amide bonds. The van der Waals surface area contributed by atoms with Crippen molar-refractivity contribution in [1.29, 1.82) is 0 Å². The second kappa shape index (κ2) is 5.37. The highest BCUT2D eigenvalue weighted by Gasteiger charge is 1.99. The molecule has 0 bridgehead atoms. The molecule has 72 valence electrons. The van der Waals surface area contributed by atoms with E-state index in [1.54, 1.807) is 7.11 Å². The third-order valence-corrected chi connectivity index (χ3v) is 1.62. The Hall–Kier alpha value is -1.29. The summed E-state index contributed by atoms with van der Waals surface area (Å²) in [7, 11) is 1.61. The van der Waals surface area contributed by atoms with Crippen molar-refractivity contribution in [2.24, 2.45) is 0 Å². The van der Waals surface area contributed by atoms with E-state index in [1.165, 1.54) is 0 Å². The summed E-state index contributed by atoms with van der Waals surface area (Å²) < 4.78 is 6.63. The molecule has 4 heteroatoms. The number of methoxy groups -OCH3 is 1. The number of nitrogens with one attached hydrogen (secondary N) is 1. The van der Waals surface area contributed by atoms with Gasteiger partial charge in [-0.3, -0.25) is 4.79 Å². The van der Waals surface area contributed by atoms with Crippen LogP contribution in [0, 0.1) is 0 Å². The van der Waals surface area contributed by atoms with Gasteiger partial charge in [-0.1, -0.05) is 0 Å². The van der Waals surface area contributed by atoms with E-state index in [0.29, 0.717) is 19.7 Å². The van der Waals surface area contributed by atoms with Gasteiger partial charge in [-0.2, -0.15) is 0 Å². The fraction of sp³-hybridized carbons (Fsp3) is 0.444. The van der Waals surface area contributed by atoms with Crippen molar-refractivity contribution in [2.75, 3.05) is 20.3 Å². The van der Waals surface area contributed by atoms with Crippen LogP contribution in [0.25, 0.3) is 0 Å². The van der Waals surface area contributed by atoms with E-state index >= 15 is 0 Å². The summed E-state index contributed by atoms with van der Waals surface area (Å²) in [6.45, 7) is 1.49. The lowest BCUT2D eigenvalue weighted by molar-refractivity contribution is -0.121. The predicted molar refractivity (Wildman–Crippen MR) is 49.3 cm³/mol. The lowest BCUT2D eigenvalue weighted by Gasteiger charge is -2.04. The fourth-order valence-corrected chi connectivity index (χ4v) is 0.990. The number of carbonyl (C=O) groups excluding carboxylic acids is 1. The van der Waals surface area contributed by atoms with Crippen LogP contribution in [0.5, 0.6) is 0 Å². The van der Waals surface area contributed by atoms with Crippen molar-refractivity contribution >= 4 is 5.91 Å². The van der Waals surface area contributed by atoms with Gasteiger partial charge >= 0.3 is 0 Å². The van der Waals surface area contributed by atoms with E-state index in [-0.39, 0.29) is 5.91 Å². The van der Waals surface area contributed by atoms with Gasteiger partial charge in [0.15, 0.2) is 0 Å². The molecule has 1 aromatic rings. The van der Waals surface area contributed by atoms with Gasteiger partial charge in [0.05, 0.1) is 6.61 Å². The lowest BCUT2D eigenvalue weighted by atomic mass is 10.5. The average molecular weight is 182 g/mol. The van der Waals surface area contributed by atoms with E-state index in [4.69, 9.17) is 4.74 Å². The zero-order valence-electron chi connectivity index (χ0n) is 7.69. The Bertz CT molecular complexity index is 244. The number of hydrogen-bond donors (Lipinski definition) is 1. The quantitative estimate of drug-likeness (QED) is 0.663. The summed E-state index contributed by atoms with van der Waals surface area (Å²) >= 11 is 0. The first-order valence-electron chi connectivity index (χ1n) is 4.19. The molecule has 0 saturated carbocycles. The molecule has 0 fully saturated rings. The number of carbonyl (C=O) groups is 1. The summed E-state index contributed by atoms with van der Waals surface area (Å²) in [5.74, 6) is 0.00764. The maximum Gasteiger partial charge on any atom is 0.239 e. The molecule has 0 unspecified atom stereocenters. The standard InChI is InChI=1S/C9H14N2O2/c1-13-7-4-10-9(12)8-11-5-2-3-6-11/h2-3,5-6H,4,7-8H2,1H3,(H,10,12). The van der Waals surface area contributed by atoms with Crippen molar-refractivity contribution in [1.82, 2.24) is 9.88 Å². The monoisotopic (exact) mass is 182 g/mol. The summed E-state index contributed by atoms with van der Waals surface area (Å²) in [4.78, 5) is 11.2. The van der Waals surface area contributed by atoms with Gasteiger partial charge in [0, 0.05) is 26.0 Å². The summed E-state index contributed by atoms with van der Waals surface area (Å²) in [6, 6.07) is 3.78. The van der Waals surface area contributed by atoms with Crippen LogP contribution in [-0.2, 0) is 16.1 Å². The molecule has 0 spiro atoms. The summed E-state index contributed by atoms with van der Waals surface area (Å²) in [5, 5.41) is 2.74. The normalized spacial score (nSPS) is 9.92. The van der Waals surface area contributed by atoms with Gasteiger partial charge < -0.3 is 14.6 Å². The van der Waals surface area contributed by atoms with Gasteiger partial charge in [0.1, 0.15) is 6.54 Å². The fourth-order valence-electron chi connectivity index (χ4n) is 0.990. The molecule has 0 saturated heterocycles. The van der Waals surface area contributed by atoms with Crippen LogP contribution in [-0.4, -0.2) is 30.7 Å². The van der Waals surface area contributed by atoms with E-state index in [9.17, 15) is 4.79 Å². The molecule has 0 aliphatic carbocycles. The average Bonchev–Trinajstić information content (AvgIpc) is 2.57. The van der Waals surface area contributed by atoms with Crippen molar-refractivity contribution < 1.29 is 9.53 Å². The second-order valence-corrected chi connectivity index (χ2v) is 2.70. The SMILES string of the molecule is COCCNC(=O)Cn1cccc1. The van der Waals surface area contributed by atoms with Gasteiger partial charge in [0.25, 0.3) is 0 Å². The molecule has 1 aromatic heterocycles. The van der Waals surface area contributed by atoms with Crippen LogP contribution in [0.3, 0.4) is 0 Å². The highest BCUT2D eigenvalue weighted by Crippen LogP contribution is 1.88. The molecule has 1 rings (SSSR count). The largest absolute Gasteiger partial charge is 0.383 e. The highest BCUT2D eigenvalue weighted by atomic mass is 16.5. The first-order valence-corrected chi connectivity index (χ1v) is 4.19. The Morgan fingerprint density at radius 2 is 2.15 bits per heavy atom. The van der Waals surface area contributed by atoms with Crippen molar-refractivity contribution in [2.45, 2.75) is 6.54 Å². The summed E-state index contributed by atoms with van der Waals surface area (Å²) in [6.07, 6.45) is 3.71. The molecular weight excluding hydrogens is 168 g/mol. The number of rotatable bonds is 5. The smallest absolute Gasteiger partial charge is 0.239 e. The first kappa shape index (κ1) is 9.80. The van der Waals surface area contributed by atoms with Crippen molar-refractivity contribution in [3.8, 4) is 0 Å². The number of nitrogens with zero attached hydrogens (tertiary/aromatic N) is 1. The van der Waals surface area contributed by atoms with Crippen LogP contribution in [0.2, 0.25) is 0 Å². The number of ether oxygens (including phenoxy) is 1. The molecule has 0 aromatic carbocycles. The van der Waals surface area contributed by atoms with Crippen LogP contribution >= 0.6 is 0 Å². The molecule has 4 nitrogen and oxygen atoms in total. The third kappa shape index (κ3) is 3.75. The van der Waals surface area contributed by atoms with Crippen LogP contribution in [0.15, 0.2) is 24.5 Å². The van der Waals surface area contributed by atoms with Crippen LogP contribution < -0.4 is 5.32 Å². The zero-order chi connectivity index (χ0) is 9.52. The molecule has 0 aliphatic rings. The zero-order valence-corrected chi connectivity index (χ0v) is 7.69. The minimum atomic E-state index is 0.00764. The molecule has 0 atom stereocenters. The van der Waals surface area contributed by atoms with E-state index < -0.39 is 0 Å². The molecule has 1 heterocycles. The second-order valence-electron chi connectivity index (χ2n) is 2.70. The Morgan fingerprint density at radius 3 is 2.77 bits per heavy atom. The van der Waals surface area contributed by atoms with Crippen LogP contribution in [0.1, 0.15) is 0 Å². The molecular formula is C9H14N2O2. The number of aromatic nitrogens is 1. The van der Waals surface area contributed by atoms with Crippen molar-refractivity contribution in [3.63, 3.8) is 0 Å².